The zero-order chi connectivity index (χ0) is 23.3. The Morgan fingerprint density at radius 1 is 1.25 bits per heavy atom. The maximum atomic E-state index is 12.1. The van der Waals surface area contributed by atoms with Crippen LogP contribution in [0.3, 0.4) is 0 Å². The summed E-state index contributed by atoms with van der Waals surface area (Å²) >= 11 is 0. The van der Waals surface area contributed by atoms with Crippen molar-refractivity contribution in [3.8, 4) is 0 Å². The van der Waals surface area contributed by atoms with Crippen molar-refractivity contribution in [2.45, 2.75) is 70.4 Å². The maximum Gasteiger partial charge on any atom is 0.412 e. The number of aliphatic hydroxyl groups excluding tert-OH is 2. The topological polar surface area (TPSA) is 145 Å². The SMILES string of the molecule is CCCCCOC(=O)Nc1ncnn2c([C@]3(C)O[C@H](COC(=O)CC)[C@@H](O)[C@H]3O)ccc12. The number of hydrogen-bond donors (Lipinski definition) is 3. The van der Waals surface area contributed by atoms with Gasteiger partial charge in [-0.3, -0.25) is 10.1 Å². The Labute approximate surface area is 185 Å². The Kier molecular flexibility index (Phi) is 7.64. The van der Waals surface area contributed by atoms with Crippen LogP contribution in [0.2, 0.25) is 0 Å². The molecule has 32 heavy (non-hydrogen) atoms. The predicted octanol–water partition coefficient (Wildman–Crippen LogP) is 1.76. The van der Waals surface area contributed by atoms with Gasteiger partial charge in [-0.25, -0.2) is 14.3 Å². The van der Waals surface area contributed by atoms with Crippen LogP contribution in [-0.2, 0) is 24.6 Å². The summed E-state index contributed by atoms with van der Waals surface area (Å²) in [6.07, 6.45) is 0.114. The Morgan fingerprint density at radius 2 is 2.03 bits per heavy atom. The average molecular weight is 450 g/mol. The number of fused-ring (bicyclic) bond motifs is 1. The summed E-state index contributed by atoms with van der Waals surface area (Å²) < 4.78 is 17.7. The largest absolute Gasteiger partial charge is 0.463 e. The number of carbonyl (C=O) groups is 2. The fourth-order valence-corrected chi connectivity index (χ4v) is 3.66. The second-order valence-corrected chi connectivity index (χ2v) is 7.83. The molecule has 3 N–H and O–H groups in total. The minimum atomic E-state index is -1.35. The molecule has 11 heteroatoms. The van der Waals surface area contributed by atoms with Gasteiger partial charge >= 0.3 is 12.1 Å². The van der Waals surface area contributed by atoms with E-state index in [0.717, 1.165) is 19.3 Å². The standard InChI is InChI=1S/C21H30N4O7/c1-4-6-7-10-30-20(29)24-19-13-8-9-15(25(13)23-12-22-19)21(3)18(28)17(27)14(32-21)11-31-16(26)5-2/h8-9,12,14,17-18,27-28H,4-7,10-11H2,1-3H3,(H,22,23,24,29)/t14-,17-,18-,21+/m1/s1. The maximum absolute atomic E-state index is 12.1. The predicted molar refractivity (Wildman–Crippen MR) is 113 cm³/mol. The highest BCUT2D eigenvalue weighted by Gasteiger charge is 2.54. The molecule has 176 valence electrons. The molecule has 0 aliphatic carbocycles. The third kappa shape index (κ3) is 4.84. The summed E-state index contributed by atoms with van der Waals surface area (Å²) in [7, 11) is 0. The van der Waals surface area contributed by atoms with Gasteiger partial charge in [0.2, 0.25) is 0 Å². The molecule has 0 spiro atoms. The van der Waals surface area contributed by atoms with Crippen molar-refractivity contribution in [2.24, 2.45) is 0 Å². The molecule has 0 saturated carbocycles. The summed E-state index contributed by atoms with van der Waals surface area (Å²) in [6, 6.07) is 3.33. The highest BCUT2D eigenvalue weighted by molar-refractivity contribution is 5.88. The monoisotopic (exact) mass is 450 g/mol. The van der Waals surface area contributed by atoms with Gasteiger partial charge in [0.05, 0.1) is 12.3 Å². The van der Waals surface area contributed by atoms with E-state index in [-0.39, 0.29) is 18.8 Å². The lowest BCUT2D eigenvalue weighted by molar-refractivity contribution is -0.151. The molecular weight excluding hydrogens is 420 g/mol. The van der Waals surface area contributed by atoms with Crippen LogP contribution in [0.25, 0.3) is 5.52 Å². The van der Waals surface area contributed by atoms with Crippen LogP contribution in [0.15, 0.2) is 18.5 Å². The van der Waals surface area contributed by atoms with E-state index >= 15 is 0 Å². The lowest BCUT2D eigenvalue weighted by Gasteiger charge is -2.27. The van der Waals surface area contributed by atoms with Crippen LogP contribution in [-0.4, -0.2) is 68.4 Å². The lowest BCUT2D eigenvalue weighted by atomic mass is 9.93. The Bertz CT molecular complexity index is 949. The molecule has 1 aliphatic rings. The second kappa shape index (κ2) is 10.2. The van der Waals surface area contributed by atoms with Gasteiger partial charge in [0.1, 0.15) is 42.4 Å². The van der Waals surface area contributed by atoms with E-state index in [1.807, 2.05) is 0 Å². The number of anilines is 1. The smallest absolute Gasteiger partial charge is 0.412 e. The Balaban J connectivity index is 1.78. The minimum Gasteiger partial charge on any atom is -0.463 e. The third-order valence-corrected chi connectivity index (χ3v) is 5.52. The van der Waals surface area contributed by atoms with E-state index in [0.29, 0.717) is 17.8 Å². The van der Waals surface area contributed by atoms with Gasteiger partial charge < -0.3 is 24.4 Å². The molecule has 0 unspecified atom stereocenters. The first kappa shape index (κ1) is 23.9. The lowest BCUT2D eigenvalue weighted by Crippen LogP contribution is -2.39. The summed E-state index contributed by atoms with van der Waals surface area (Å²) in [6.45, 7) is 5.46. The molecule has 1 amide bonds. The molecule has 0 aromatic carbocycles. The minimum absolute atomic E-state index is 0.185. The van der Waals surface area contributed by atoms with Crippen molar-refractivity contribution >= 4 is 23.4 Å². The van der Waals surface area contributed by atoms with Crippen molar-refractivity contribution < 1.29 is 34.0 Å². The summed E-state index contributed by atoms with van der Waals surface area (Å²) in [4.78, 5) is 27.7. The van der Waals surface area contributed by atoms with Gasteiger partial charge in [0.25, 0.3) is 0 Å². The zero-order valence-corrected chi connectivity index (χ0v) is 18.5. The van der Waals surface area contributed by atoms with E-state index < -0.39 is 36.0 Å². The van der Waals surface area contributed by atoms with Gasteiger partial charge in [-0.2, -0.15) is 5.10 Å². The number of carbonyl (C=O) groups excluding carboxylic acids is 2. The molecule has 1 aliphatic heterocycles. The number of nitrogens with zero attached hydrogens (tertiary/aromatic N) is 3. The highest BCUT2D eigenvalue weighted by Crippen LogP contribution is 2.40. The normalized spacial score (nSPS) is 25.1. The number of rotatable bonds is 9. The van der Waals surface area contributed by atoms with Crippen LogP contribution >= 0.6 is 0 Å². The van der Waals surface area contributed by atoms with Crippen molar-refractivity contribution in [2.75, 3.05) is 18.5 Å². The van der Waals surface area contributed by atoms with Gasteiger partial charge in [-0.1, -0.05) is 26.7 Å². The molecule has 0 bridgehead atoms. The summed E-state index contributed by atoms with van der Waals surface area (Å²) in [5.74, 6) is -0.195. The van der Waals surface area contributed by atoms with E-state index in [2.05, 4.69) is 22.3 Å². The zero-order valence-electron chi connectivity index (χ0n) is 18.5. The van der Waals surface area contributed by atoms with E-state index in [4.69, 9.17) is 14.2 Å². The number of amides is 1. The third-order valence-electron chi connectivity index (χ3n) is 5.52. The van der Waals surface area contributed by atoms with Crippen LogP contribution in [0.5, 0.6) is 0 Å². The van der Waals surface area contributed by atoms with Crippen LogP contribution in [0, 0.1) is 0 Å². The number of aromatic nitrogens is 3. The molecule has 1 fully saturated rings. The first-order valence-electron chi connectivity index (χ1n) is 10.8. The number of nitrogens with one attached hydrogen (secondary N) is 1. The van der Waals surface area contributed by atoms with E-state index in [1.54, 1.807) is 26.0 Å². The number of hydrogen-bond acceptors (Lipinski definition) is 9. The van der Waals surface area contributed by atoms with Crippen molar-refractivity contribution in [1.29, 1.82) is 0 Å². The molecule has 2 aromatic rings. The first-order valence-corrected chi connectivity index (χ1v) is 10.8. The molecule has 1 saturated heterocycles. The number of aliphatic hydroxyl groups is 2. The van der Waals surface area contributed by atoms with Gasteiger partial charge in [0, 0.05) is 6.42 Å². The molecule has 3 rings (SSSR count). The Morgan fingerprint density at radius 3 is 2.75 bits per heavy atom. The van der Waals surface area contributed by atoms with Gasteiger partial charge in [-0.15, -0.1) is 0 Å². The molecule has 3 heterocycles. The second-order valence-electron chi connectivity index (χ2n) is 7.83. The molecule has 4 atom stereocenters. The average Bonchev–Trinajstić information content (AvgIpc) is 3.32. The fourth-order valence-electron chi connectivity index (χ4n) is 3.66. The van der Waals surface area contributed by atoms with Gasteiger partial charge in [-0.05, 0) is 25.5 Å². The fraction of sp³-hybridized carbons (Fsp3) is 0.619. The van der Waals surface area contributed by atoms with Crippen LogP contribution in [0.1, 0.15) is 52.1 Å². The molecular formula is C21H30N4O7. The molecule has 2 aromatic heterocycles. The quantitative estimate of drug-likeness (QED) is 0.384. The molecule has 11 nitrogen and oxygen atoms in total. The first-order chi connectivity index (χ1) is 15.3. The van der Waals surface area contributed by atoms with Crippen LogP contribution in [0.4, 0.5) is 10.6 Å². The number of unbranched alkanes of at least 4 members (excludes halogenated alkanes) is 2. The summed E-state index contributed by atoms with van der Waals surface area (Å²) in [5, 5.41) is 28.0. The van der Waals surface area contributed by atoms with Crippen LogP contribution < -0.4 is 5.32 Å². The Hall–Kier alpha value is -2.76. The van der Waals surface area contributed by atoms with Gasteiger partial charge in [0.15, 0.2) is 5.82 Å². The van der Waals surface area contributed by atoms with Crippen molar-refractivity contribution in [3.63, 3.8) is 0 Å². The van der Waals surface area contributed by atoms with E-state index in [9.17, 15) is 19.8 Å². The number of esters is 1. The van der Waals surface area contributed by atoms with Crippen molar-refractivity contribution in [1.82, 2.24) is 14.6 Å². The summed E-state index contributed by atoms with van der Waals surface area (Å²) in [5.41, 5.74) is -0.452. The van der Waals surface area contributed by atoms with Crippen molar-refractivity contribution in [3.05, 3.63) is 24.2 Å². The molecule has 0 radical (unpaired) electrons. The number of ether oxygens (including phenoxy) is 3. The van der Waals surface area contributed by atoms with E-state index in [1.165, 1.54) is 10.8 Å². The highest BCUT2D eigenvalue weighted by atomic mass is 16.6.